The number of nitrogens with zero attached hydrogens (tertiary/aromatic N) is 2. The van der Waals surface area contributed by atoms with Crippen molar-refractivity contribution < 1.29 is 9.13 Å². The van der Waals surface area contributed by atoms with Crippen LogP contribution < -0.4 is 4.74 Å². The highest BCUT2D eigenvalue weighted by Gasteiger charge is 2.18. The number of nitrogens with one attached hydrogen (secondary N) is 1. The first-order valence-corrected chi connectivity index (χ1v) is 10.5. The highest BCUT2D eigenvalue weighted by Crippen LogP contribution is 2.24. The topological polar surface area (TPSA) is 31.5 Å². The summed E-state index contributed by atoms with van der Waals surface area (Å²) in [6, 6.07) is 13.3. The molecule has 5 heteroatoms. The van der Waals surface area contributed by atoms with Crippen molar-refractivity contribution in [2.24, 2.45) is 0 Å². The van der Waals surface area contributed by atoms with Crippen LogP contribution in [0, 0.1) is 12.7 Å². The first-order chi connectivity index (χ1) is 14.1. The Bertz CT molecular complexity index is 960. The molecule has 1 aromatic heterocycles. The maximum Gasteiger partial charge on any atom is 0.125 e. The lowest BCUT2D eigenvalue weighted by molar-refractivity contribution is 0.125. The van der Waals surface area contributed by atoms with Crippen LogP contribution in [0.5, 0.6) is 5.75 Å². The Morgan fingerprint density at radius 3 is 2.59 bits per heavy atom. The first-order valence-electron chi connectivity index (χ1n) is 10.5. The summed E-state index contributed by atoms with van der Waals surface area (Å²) in [6.07, 6.45) is 2.15. The van der Waals surface area contributed by atoms with Crippen LogP contribution in [0.15, 0.2) is 42.5 Å². The molecule has 0 amide bonds. The second kappa shape index (κ2) is 8.97. The van der Waals surface area contributed by atoms with Gasteiger partial charge in [0.2, 0.25) is 0 Å². The molecule has 3 aromatic rings. The van der Waals surface area contributed by atoms with E-state index in [1.807, 2.05) is 18.2 Å². The van der Waals surface area contributed by atoms with Crippen LogP contribution >= 0.6 is 0 Å². The Balaban J connectivity index is 1.26. The number of hydrogen-bond donors (Lipinski definition) is 1. The third-order valence-electron chi connectivity index (χ3n) is 6.03. The maximum absolute atomic E-state index is 13.4. The average Bonchev–Trinajstić information content (AvgIpc) is 3.04. The molecule has 0 atom stereocenters. The minimum absolute atomic E-state index is 0.184. The summed E-state index contributed by atoms with van der Waals surface area (Å²) in [7, 11) is 1.74. The molecule has 1 N–H and O–H groups in total. The number of para-hydroxylation sites is 1. The molecular formula is C24H30FN3O. The molecular weight excluding hydrogens is 365 g/mol. The first kappa shape index (κ1) is 19.9. The van der Waals surface area contributed by atoms with Crippen LogP contribution in [0.4, 0.5) is 4.39 Å². The summed E-state index contributed by atoms with van der Waals surface area (Å²) >= 11 is 0. The van der Waals surface area contributed by atoms with Crippen molar-refractivity contribution in [1.29, 1.82) is 0 Å². The smallest absolute Gasteiger partial charge is 0.125 e. The molecule has 1 fully saturated rings. The van der Waals surface area contributed by atoms with Crippen LogP contribution in [0.25, 0.3) is 10.9 Å². The third kappa shape index (κ3) is 4.62. The number of aryl methyl sites for hydroxylation is 2. The molecule has 4 rings (SSSR count). The van der Waals surface area contributed by atoms with Crippen molar-refractivity contribution in [2.45, 2.75) is 26.3 Å². The van der Waals surface area contributed by atoms with E-state index in [1.54, 1.807) is 19.2 Å². The summed E-state index contributed by atoms with van der Waals surface area (Å²) in [5, 5.41) is 1.16. The fourth-order valence-electron chi connectivity index (χ4n) is 4.41. The van der Waals surface area contributed by atoms with Crippen LogP contribution in [-0.2, 0) is 13.0 Å². The van der Waals surface area contributed by atoms with Gasteiger partial charge in [0.15, 0.2) is 0 Å². The predicted octanol–water partition coefficient (Wildman–Crippen LogP) is 4.37. The highest BCUT2D eigenvalue weighted by atomic mass is 19.1. The van der Waals surface area contributed by atoms with Crippen molar-refractivity contribution >= 4 is 10.9 Å². The number of aromatic nitrogens is 1. The lowest BCUT2D eigenvalue weighted by atomic mass is 10.1. The van der Waals surface area contributed by atoms with Crippen molar-refractivity contribution in [1.82, 2.24) is 14.8 Å². The van der Waals surface area contributed by atoms with Gasteiger partial charge in [-0.1, -0.05) is 18.2 Å². The molecule has 0 unspecified atom stereocenters. The highest BCUT2D eigenvalue weighted by molar-refractivity contribution is 5.84. The Morgan fingerprint density at radius 1 is 1.03 bits per heavy atom. The van der Waals surface area contributed by atoms with Crippen LogP contribution in [0.1, 0.15) is 23.2 Å². The van der Waals surface area contributed by atoms with Gasteiger partial charge in [-0.2, -0.15) is 0 Å². The summed E-state index contributed by atoms with van der Waals surface area (Å²) in [5.41, 5.74) is 4.65. The van der Waals surface area contributed by atoms with Gasteiger partial charge in [0.1, 0.15) is 11.6 Å². The second-order valence-corrected chi connectivity index (χ2v) is 7.95. The monoisotopic (exact) mass is 395 g/mol. The Morgan fingerprint density at radius 2 is 1.79 bits per heavy atom. The van der Waals surface area contributed by atoms with Gasteiger partial charge in [0.25, 0.3) is 0 Å². The zero-order valence-corrected chi connectivity index (χ0v) is 17.4. The number of H-pyrrole nitrogens is 1. The van der Waals surface area contributed by atoms with E-state index in [2.05, 4.69) is 33.8 Å². The quantitative estimate of drug-likeness (QED) is 0.644. The van der Waals surface area contributed by atoms with Crippen molar-refractivity contribution in [2.75, 3.05) is 39.8 Å². The van der Waals surface area contributed by atoms with Gasteiger partial charge < -0.3 is 14.6 Å². The van der Waals surface area contributed by atoms with Gasteiger partial charge in [0.05, 0.1) is 7.11 Å². The number of halogens is 1. The molecule has 154 valence electrons. The van der Waals surface area contributed by atoms with Crippen LogP contribution in [0.3, 0.4) is 0 Å². The normalized spacial score (nSPS) is 15.8. The lowest BCUT2D eigenvalue weighted by Crippen LogP contribution is -2.46. The maximum atomic E-state index is 13.4. The van der Waals surface area contributed by atoms with E-state index in [1.165, 1.54) is 11.1 Å². The Labute approximate surface area is 172 Å². The fraction of sp³-hybridized carbons (Fsp3) is 0.417. The van der Waals surface area contributed by atoms with E-state index >= 15 is 0 Å². The van der Waals surface area contributed by atoms with Gasteiger partial charge in [0, 0.05) is 54.9 Å². The largest absolute Gasteiger partial charge is 0.496 e. The van der Waals surface area contributed by atoms with Crippen LogP contribution in [0.2, 0.25) is 0 Å². The molecule has 2 heterocycles. The van der Waals surface area contributed by atoms with E-state index in [-0.39, 0.29) is 5.82 Å². The molecule has 0 aliphatic carbocycles. The minimum Gasteiger partial charge on any atom is -0.496 e. The van der Waals surface area contributed by atoms with Gasteiger partial charge in [-0.15, -0.1) is 0 Å². The van der Waals surface area contributed by atoms with Gasteiger partial charge in [-0.05, 0) is 56.1 Å². The number of hydrogen-bond acceptors (Lipinski definition) is 3. The van der Waals surface area contributed by atoms with E-state index in [4.69, 9.17) is 4.74 Å². The molecule has 0 spiro atoms. The number of aromatic amines is 1. The third-order valence-corrected chi connectivity index (χ3v) is 6.03. The number of rotatable bonds is 7. The average molecular weight is 396 g/mol. The minimum atomic E-state index is -0.184. The zero-order valence-electron chi connectivity index (χ0n) is 17.4. The summed E-state index contributed by atoms with van der Waals surface area (Å²) < 4.78 is 18.9. The fourth-order valence-corrected chi connectivity index (χ4v) is 4.41. The Kier molecular flexibility index (Phi) is 6.16. The lowest BCUT2D eigenvalue weighted by Gasteiger charge is -2.35. The number of methoxy groups -OCH3 is 1. The standard InChI is InChI=1S/C24H30FN3O/c1-18-21(22-10-9-20(25)16-23(22)26-18)7-5-11-27-12-14-28(15-13-27)17-19-6-3-4-8-24(19)29-2/h3-4,6,8-10,16,26H,5,7,11-15,17H2,1-2H3. The molecule has 0 radical (unpaired) electrons. The summed E-state index contributed by atoms with van der Waals surface area (Å²) in [4.78, 5) is 8.39. The molecule has 0 bridgehead atoms. The van der Waals surface area contributed by atoms with E-state index in [0.717, 1.165) is 74.5 Å². The number of benzene rings is 2. The predicted molar refractivity (Wildman–Crippen MR) is 116 cm³/mol. The molecule has 1 saturated heterocycles. The Hall–Kier alpha value is -2.37. The van der Waals surface area contributed by atoms with Gasteiger partial charge in [-0.3, -0.25) is 4.90 Å². The zero-order chi connectivity index (χ0) is 20.2. The number of piperazine rings is 1. The molecule has 1 aliphatic rings. The van der Waals surface area contributed by atoms with E-state index < -0.39 is 0 Å². The molecule has 4 nitrogen and oxygen atoms in total. The molecule has 1 aliphatic heterocycles. The van der Waals surface area contributed by atoms with E-state index in [0.29, 0.717) is 0 Å². The van der Waals surface area contributed by atoms with Gasteiger partial charge >= 0.3 is 0 Å². The molecule has 29 heavy (non-hydrogen) atoms. The second-order valence-electron chi connectivity index (χ2n) is 7.95. The van der Waals surface area contributed by atoms with Crippen LogP contribution in [-0.4, -0.2) is 54.6 Å². The summed E-state index contributed by atoms with van der Waals surface area (Å²) in [6.45, 7) is 8.52. The number of ether oxygens (including phenoxy) is 1. The SMILES string of the molecule is COc1ccccc1CN1CCN(CCCc2c(C)[nH]c3cc(F)ccc23)CC1. The molecule has 0 saturated carbocycles. The van der Waals surface area contributed by atoms with Gasteiger partial charge in [-0.25, -0.2) is 4.39 Å². The number of fused-ring (bicyclic) bond motifs is 1. The summed E-state index contributed by atoms with van der Waals surface area (Å²) in [5.74, 6) is 0.792. The van der Waals surface area contributed by atoms with Crippen molar-refractivity contribution in [3.8, 4) is 5.75 Å². The van der Waals surface area contributed by atoms with E-state index in [9.17, 15) is 4.39 Å². The molecule has 2 aromatic carbocycles. The van der Waals surface area contributed by atoms with Crippen molar-refractivity contribution in [3.05, 3.63) is 65.1 Å². The van der Waals surface area contributed by atoms with Crippen molar-refractivity contribution in [3.63, 3.8) is 0 Å².